The number of likely N-dealkylation sites (tertiary alicyclic amines) is 1. The predicted octanol–water partition coefficient (Wildman–Crippen LogP) is 4.84. The van der Waals surface area contributed by atoms with Crippen LogP contribution in [0.25, 0.3) is 10.2 Å². The number of para-hydroxylation sites is 1. The maximum atomic E-state index is 12.8. The fourth-order valence-electron chi connectivity index (χ4n) is 3.45. The fourth-order valence-corrected chi connectivity index (χ4v) is 7.10. The molecule has 1 saturated heterocycles. The third-order valence-corrected chi connectivity index (χ3v) is 9.14. The van der Waals surface area contributed by atoms with E-state index in [1.165, 1.54) is 22.7 Å². The first-order valence-electron chi connectivity index (χ1n) is 10.1. The molecule has 0 spiro atoms. The Morgan fingerprint density at radius 1 is 1.19 bits per heavy atom. The number of amides is 1. The summed E-state index contributed by atoms with van der Waals surface area (Å²) >= 11 is 2.68. The van der Waals surface area contributed by atoms with Crippen LogP contribution < -0.4 is 0 Å². The molecule has 2 aromatic heterocycles. The average molecular weight is 480 g/mol. The van der Waals surface area contributed by atoms with Gasteiger partial charge in [0.25, 0.3) is 0 Å². The van der Waals surface area contributed by atoms with Crippen molar-refractivity contribution in [3.05, 3.63) is 40.3 Å². The highest BCUT2D eigenvalue weighted by Gasteiger charge is 2.29. The lowest BCUT2D eigenvalue weighted by atomic mass is 9.98. The molecule has 1 aromatic carbocycles. The quantitative estimate of drug-likeness (QED) is 0.532. The first-order chi connectivity index (χ1) is 14.6. The zero-order valence-corrected chi connectivity index (χ0v) is 20.1. The van der Waals surface area contributed by atoms with Crippen molar-refractivity contribution in [3.63, 3.8) is 0 Å². The maximum Gasteiger partial charge on any atom is 0.410 e. The molecule has 31 heavy (non-hydrogen) atoms. The van der Waals surface area contributed by atoms with Gasteiger partial charge in [-0.25, -0.2) is 23.2 Å². The first kappa shape index (κ1) is 22.2. The lowest BCUT2D eigenvalue weighted by Crippen LogP contribution is -2.41. The van der Waals surface area contributed by atoms with Crippen molar-refractivity contribution < 1.29 is 17.9 Å². The number of hydrogen-bond donors (Lipinski definition) is 0. The summed E-state index contributed by atoms with van der Waals surface area (Å²) in [5, 5.41) is 2.75. The number of carbonyl (C=O) groups excluding carboxylic acids is 1. The van der Waals surface area contributed by atoms with Gasteiger partial charge >= 0.3 is 6.09 Å². The number of thiazole rings is 2. The average Bonchev–Trinajstić information content (AvgIpc) is 3.34. The van der Waals surface area contributed by atoms with E-state index in [4.69, 9.17) is 4.74 Å². The van der Waals surface area contributed by atoms with Crippen LogP contribution in [0.15, 0.2) is 34.0 Å². The van der Waals surface area contributed by atoms with Crippen LogP contribution in [0.5, 0.6) is 0 Å². The monoisotopic (exact) mass is 479 g/mol. The number of piperidine rings is 1. The molecule has 1 aliphatic heterocycles. The Hall–Kier alpha value is -2.04. The number of fused-ring (bicyclic) bond motifs is 1. The number of sulfone groups is 1. The van der Waals surface area contributed by atoms with Crippen molar-refractivity contribution >= 4 is 48.8 Å². The van der Waals surface area contributed by atoms with Crippen molar-refractivity contribution in [2.45, 2.75) is 55.2 Å². The highest BCUT2D eigenvalue weighted by atomic mass is 32.2. The fraction of sp³-hybridized carbons (Fsp3) is 0.476. The van der Waals surface area contributed by atoms with Crippen LogP contribution >= 0.6 is 22.7 Å². The summed E-state index contributed by atoms with van der Waals surface area (Å²) in [7, 11) is -3.55. The molecule has 0 aliphatic carbocycles. The number of rotatable bonds is 4. The lowest BCUT2D eigenvalue weighted by Gasteiger charge is -2.32. The Bertz CT molecular complexity index is 1150. The van der Waals surface area contributed by atoms with Crippen molar-refractivity contribution in [1.82, 2.24) is 14.9 Å². The second-order valence-corrected chi connectivity index (χ2v) is 12.7. The van der Waals surface area contributed by atoms with Gasteiger partial charge in [-0.3, -0.25) is 0 Å². The summed E-state index contributed by atoms with van der Waals surface area (Å²) in [4.78, 5) is 22.9. The second kappa shape index (κ2) is 8.48. The van der Waals surface area contributed by atoms with Gasteiger partial charge in [-0.2, -0.15) is 0 Å². The summed E-state index contributed by atoms with van der Waals surface area (Å²) in [5.41, 5.74) is 0.739. The smallest absolute Gasteiger partial charge is 0.410 e. The van der Waals surface area contributed by atoms with Crippen LogP contribution in [0.4, 0.5) is 4.79 Å². The van der Waals surface area contributed by atoms with Gasteiger partial charge in [-0.15, -0.1) is 22.7 Å². The minimum absolute atomic E-state index is 0.133. The number of carbonyl (C=O) groups is 1. The summed E-state index contributed by atoms with van der Waals surface area (Å²) in [6.45, 7) is 6.79. The summed E-state index contributed by atoms with van der Waals surface area (Å²) in [6, 6.07) is 7.41. The Labute approximate surface area is 190 Å². The van der Waals surface area contributed by atoms with Gasteiger partial charge < -0.3 is 9.64 Å². The van der Waals surface area contributed by atoms with Gasteiger partial charge in [-0.1, -0.05) is 12.1 Å². The second-order valence-electron chi connectivity index (χ2n) is 8.63. The largest absolute Gasteiger partial charge is 0.444 e. The highest BCUT2D eigenvalue weighted by molar-refractivity contribution is 7.92. The van der Waals surface area contributed by atoms with Crippen molar-refractivity contribution in [1.29, 1.82) is 0 Å². The summed E-state index contributed by atoms with van der Waals surface area (Å²) in [6.07, 6.45) is 1.29. The van der Waals surface area contributed by atoms with Gasteiger partial charge in [0.1, 0.15) is 11.4 Å². The van der Waals surface area contributed by atoms with Crippen molar-refractivity contribution in [3.8, 4) is 0 Å². The van der Waals surface area contributed by atoms with E-state index in [9.17, 15) is 13.2 Å². The minimum atomic E-state index is -3.55. The zero-order valence-electron chi connectivity index (χ0n) is 17.7. The van der Waals surface area contributed by atoms with Crippen LogP contribution in [0.2, 0.25) is 0 Å². The van der Waals surface area contributed by atoms with Crippen LogP contribution in [-0.2, 0) is 20.3 Å². The van der Waals surface area contributed by atoms with E-state index < -0.39 is 15.4 Å². The van der Waals surface area contributed by atoms with Crippen LogP contribution in [0.1, 0.15) is 50.2 Å². The molecule has 0 saturated carbocycles. The Kier molecular flexibility index (Phi) is 6.06. The Morgan fingerprint density at radius 2 is 1.90 bits per heavy atom. The van der Waals surface area contributed by atoms with E-state index in [-0.39, 0.29) is 22.1 Å². The molecule has 0 unspecified atom stereocenters. The molecule has 4 rings (SSSR count). The van der Waals surface area contributed by atoms with Gasteiger partial charge in [0, 0.05) is 24.4 Å². The van der Waals surface area contributed by atoms with E-state index in [2.05, 4.69) is 9.97 Å². The highest BCUT2D eigenvalue weighted by Crippen LogP contribution is 2.32. The molecule has 166 valence electrons. The number of hydrogen-bond acceptors (Lipinski definition) is 8. The standard InChI is InChI=1S/C21H25N3O4S3/c1-21(2,3)28-20(25)24-10-8-14(9-11-24)18-22-15(12-29-18)13-31(26,27)19-23-16-6-4-5-7-17(16)30-19/h4-7,12,14H,8-11,13H2,1-3H3. The molecule has 10 heteroatoms. The lowest BCUT2D eigenvalue weighted by molar-refractivity contribution is 0.0204. The molecule has 1 amide bonds. The normalized spacial score (nSPS) is 16.0. The van der Waals surface area contributed by atoms with E-state index in [0.29, 0.717) is 24.3 Å². The molecule has 3 heterocycles. The molecule has 3 aromatic rings. The Balaban J connectivity index is 1.39. The van der Waals surface area contributed by atoms with Crippen LogP contribution in [0, 0.1) is 0 Å². The van der Waals surface area contributed by atoms with Crippen LogP contribution in [0.3, 0.4) is 0 Å². The minimum Gasteiger partial charge on any atom is -0.444 e. The first-order valence-corrected chi connectivity index (χ1v) is 13.5. The van der Waals surface area contributed by atoms with E-state index in [1.54, 1.807) is 4.90 Å². The van der Waals surface area contributed by atoms with Gasteiger partial charge in [0.15, 0.2) is 0 Å². The molecule has 0 N–H and O–H groups in total. The van der Waals surface area contributed by atoms with E-state index >= 15 is 0 Å². The molecule has 0 bridgehead atoms. The number of ether oxygens (including phenoxy) is 1. The summed E-state index contributed by atoms with van der Waals surface area (Å²) < 4.78 is 32.1. The van der Waals surface area contributed by atoms with Crippen molar-refractivity contribution in [2.24, 2.45) is 0 Å². The van der Waals surface area contributed by atoms with E-state index in [0.717, 1.165) is 22.5 Å². The van der Waals surface area contributed by atoms with Gasteiger partial charge in [-0.05, 0) is 45.7 Å². The molecular formula is C21H25N3O4S3. The predicted molar refractivity (Wildman–Crippen MR) is 122 cm³/mol. The topological polar surface area (TPSA) is 89.5 Å². The third-order valence-electron chi connectivity index (χ3n) is 4.94. The molecule has 1 fully saturated rings. The molecule has 7 nitrogen and oxygen atoms in total. The zero-order chi connectivity index (χ0) is 22.2. The number of nitrogens with zero attached hydrogens (tertiary/aromatic N) is 3. The van der Waals surface area contributed by atoms with Crippen LogP contribution in [-0.4, -0.2) is 48.1 Å². The molecule has 0 atom stereocenters. The maximum absolute atomic E-state index is 12.8. The van der Waals surface area contributed by atoms with Gasteiger partial charge in [0.2, 0.25) is 14.2 Å². The van der Waals surface area contributed by atoms with E-state index in [1.807, 2.05) is 50.4 Å². The molecular weight excluding hydrogens is 454 g/mol. The number of aromatic nitrogens is 2. The van der Waals surface area contributed by atoms with Gasteiger partial charge in [0.05, 0.1) is 20.9 Å². The molecule has 1 aliphatic rings. The molecule has 0 radical (unpaired) electrons. The number of benzene rings is 1. The Morgan fingerprint density at radius 3 is 2.58 bits per heavy atom. The van der Waals surface area contributed by atoms with Crippen molar-refractivity contribution in [2.75, 3.05) is 13.1 Å². The summed E-state index contributed by atoms with van der Waals surface area (Å²) in [5.74, 6) is 0.0719. The third kappa shape index (κ3) is 5.24. The SMILES string of the molecule is CC(C)(C)OC(=O)N1CCC(c2nc(CS(=O)(=O)c3nc4ccccc4s3)cs2)CC1.